The SMILES string of the molecule is CC(C)c1cc2c(ccn2C[C@H](C)N)cc1F. The molecule has 1 atom stereocenters. The van der Waals surface area contributed by atoms with Gasteiger partial charge in [-0.1, -0.05) is 13.8 Å². The van der Waals surface area contributed by atoms with Crippen LogP contribution in [0.3, 0.4) is 0 Å². The predicted molar refractivity (Wildman–Crippen MR) is 69.6 cm³/mol. The molecule has 0 saturated heterocycles. The van der Waals surface area contributed by atoms with Crippen molar-refractivity contribution in [3.8, 4) is 0 Å². The van der Waals surface area contributed by atoms with Gasteiger partial charge in [-0.2, -0.15) is 0 Å². The Hall–Kier alpha value is -1.35. The van der Waals surface area contributed by atoms with Crippen molar-refractivity contribution in [3.63, 3.8) is 0 Å². The summed E-state index contributed by atoms with van der Waals surface area (Å²) in [5.74, 6) is 0.0732. The fourth-order valence-corrected chi connectivity index (χ4v) is 2.14. The van der Waals surface area contributed by atoms with Crippen LogP contribution in [0, 0.1) is 5.82 Å². The minimum absolute atomic E-state index is 0.0955. The Balaban J connectivity index is 2.55. The molecule has 2 aromatic rings. The third-order valence-electron chi connectivity index (χ3n) is 3.00. The van der Waals surface area contributed by atoms with Gasteiger partial charge in [-0.15, -0.1) is 0 Å². The van der Waals surface area contributed by atoms with E-state index < -0.39 is 0 Å². The van der Waals surface area contributed by atoms with Gasteiger partial charge in [0.15, 0.2) is 0 Å². The summed E-state index contributed by atoms with van der Waals surface area (Å²) in [4.78, 5) is 0. The molecule has 1 aromatic heterocycles. The number of rotatable bonds is 3. The van der Waals surface area contributed by atoms with Gasteiger partial charge in [-0.25, -0.2) is 4.39 Å². The first-order valence-electron chi connectivity index (χ1n) is 6.03. The van der Waals surface area contributed by atoms with Crippen molar-refractivity contribution in [2.45, 2.75) is 39.3 Å². The van der Waals surface area contributed by atoms with E-state index >= 15 is 0 Å². The molecule has 2 N–H and O–H groups in total. The highest BCUT2D eigenvalue weighted by atomic mass is 19.1. The number of hydrogen-bond acceptors (Lipinski definition) is 1. The van der Waals surface area contributed by atoms with Crippen molar-refractivity contribution in [2.75, 3.05) is 0 Å². The normalized spacial score (nSPS) is 13.5. The van der Waals surface area contributed by atoms with Crippen LogP contribution in [0.25, 0.3) is 10.9 Å². The lowest BCUT2D eigenvalue weighted by atomic mass is 10.0. The molecule has 92 valence electrons. The van der Waals surface area contributed by atoms with E-state index in [9.17, 15) is 4.39 Å². The van der Waals surface area contributed by atoms with Gasteiger partial charge in [0.1, 0.15) is 5.82 Å². The smallest absolute Gasteiger partial charge is 0.127 e. The summed E-state index contributed by atoms with van der Waals surface area (Å²) in [6.45, 7) is 6.73. The molecule has 0 aliphatic heterocycles. The second-order valence-corrected chi connectivity index (χ2v) is 5.03. The Labute approximate surface area is 101 Å². The van der Waals surface area contributed by atoms with E-state index in [-0.39, 0.29) is 17.8 Å². The van der Waals surface area contributed by atoms with Crippen LogP contribution in [0.4, 0.5) is 4.39 Å². The molecular formula is C14H19FN2. The third kappa shape index (κ3) is 2.34. The van der Waals surface area contributed by atoms with Crippen molar-refractivity contribution in [3.05, 3.63) is 35.8 Å². The standard InChI is InChI=1S/C14H19FN2/c1-9(2)12-7-14-11(6-13(12)15)4-5-17(14)8-10(3)16/h4-7,9-10H,8,16H2,1-3H3/t10-/m0/s1. The maximum Gasteiger partial charge on any atom is 0.127 e. The summed E-state index contributed by atoms with van der Waals surface area (Å²) in [5, 5.41) is 0.938. The van der Waals surface area contributed by atoms with Gasteiger partial charge in [-0.05, 0) is 36.6 Å². The summed E-state index contributed by atoms with van der Waals surface area (Å²) in [6.07, 6.45) is 1.97. The maximum atomic E-state index is 13.8. The zero-order valence-electron chi connectivity index (χ0n) is 10.6. The number of nitrogens with two attached hydrogens (primary N) is 1. The quantitative estimate of drug-likeness (QED) is 0.868. The molecule has 0 aliphatic rings. The number of aromatic nitrogens is 1. The molecule has 0 spiro atoms. The van der Waals surface area contributed by atoms with Gasteiger partial charge in [0.2, 0.25) is 0 Å². The number of nitrogens with zero attached hydrogens (tertiary/aromatic N) is 1. The zero-order chi connectivity index (χ0) is 12.6. The molecule has 0 fully saturated rings. The molecule has 1 aromatic carbocycles. The largest absolute Gasteiger partial charge is 0.346 e. The molecule has 17 heavy (non-hydrogen) atoms. The summed E-state index contributed by atoms with van der Waals surface area (Å²) in [5.41, 5.74) is 7.64. The second-order valence-electron chi connectivity index (χ2n) is 5.03. The lowest BCUT2D eigenvalue weighted by Gasteiger charge is -2.11. The minimum Gasteiger partial charge on any atom is -0.346 e. The zero-order valence-corrected chi connectivity index (χ0v) is 10.6. The summed E-state index contributed by atoms with van der Waals surface area (Å²) in [7, 11) is 0. The summed E-state index contributed by atoms with van der Waals surface area (Å²) < 4.78 is 15.9. The highest BCUT2D eigenvalue weighted by Gasteiger charge is 2.11. The molecular weight excluding hydrogens is 215 g/mol. The third-order valence-corrected chi connectivity index (χ3v) is 3.00. The maximum absolute atomic E-state index is 13.8. The van der Waals surface area contributed by atoms with Crippen molar-refractivity contribution in [1.29, 1.82) is 0 Å². The van der Waals surface area contributed by atoms with Gasteiger partial charge in [0.25, 0.3) is 0 Å². The van der Waals surface area contributed by atoms with Gasteiger partial charge in [-0.3, -0.25) is 0 Å². The van der Waals surface area contributed by atoms with Gasteiger partial charge in [0, 0.05) is 29.7 Å². The number of fused-ring (bicyclic) bond motifs is 1. The molecule has 2 nitrogen and oxygen atoms in total. The average Bonchev–Trinajstić information content (AvgIpc) is 2.58. The summed E-state index contributed by atoms with van der Waals surface area (Å²) >= 11 is 0. The van der Waals surface area contributed by atoms with Gasteiger partial charge >= 0.3 is 0 Å². The second kappa shape index (κ2) is 4.49. The van der Waals surface area contributed by atoms with Crippen LogP contribution in [0.5, 0.6) is 0 Å². The topological polar surface area (TPSA) is 30.9 Å². The van der Waals surface area contributed by atoms with Crippen molar-refractivity contribution >= 4 is 10.9 Å². The van der Waals surface area contributed by atoms with E-state index in [0.29, 0.717) is 0 Å². The molecule has 0 bridgehead atoms. The van der Waals surface area contributed by atoms with E-state index in [2.05, 4.69) is 4.57 Å². The number of benzene rings is 1. The monoisotopic (exact) mass is 234 g/mol. The fourth-order valence-electron chi connectivity index (χ4n) is 2.14. The molecule has 3 heteroatoms. The molecule has 0 unspecified atom stereocenters. The molecule has 0 amide bonds. The first-order chi connectivity index (χ1) is 7.99. The highest BCUT2D eigenvalue weighted by molar-refractivity contribution is 5.81. The van der Waals surface area contributed by atoms with Crippen molar-refractivity contribution in [1.82, 2.24) is 4.57 Å². The average molecular weight is 234 g/mol. The van der Waals surface area contributed by atoms with Crippen LogP contribution in [0.1, 0.15) is 32.3 Å². The summed E-state index contributed by atoms with van der Waals surface area (Å²) in [6, 6.07) is 5.59. The molecule has 0 aliphatic carbocycles. The Bertz CT molecular complexity index is 526. The Morgan fingerprint density at radius 3 is 2.59 bits per heavy atom. The van der Waals surface area contributed by atoms with E-state index in [1.54, 1.807) is 6.07 Å². The Morgan fingerprint density at radius 2 is 2.00 bits per heavy atom. The number of hydrogen-bond donors (Lipinski definition) is 1. The van der Waals surface area contributed by atoms with Crippen LogP contribution in [-0.4, -0.2) is 10.6 Å². The number of halogens is 1. The fraction of sp³-hybridized carbons (Fsp3) is 0.429. The highest BCUT2D eigenvalue weighted by Crippen LogP contribution is 2.25. The van der Waals surface area contributed by atoms with Gasteiger partial charge < -0.3 is 10.3 Å². The van der Waals surface area contributed by atoms with E-state index in [0.717, 1.165) is 23.0 Å². The Kier molecular flexibility index (Phi) is 3.20. The molecule has 2 rings (SSSR count). The van der Waals surface area contributed by atoms with Gasteiger partial charge in [0.05, 0.1) is 0 Å². The lowest BCUT2D eigenvalue weighted by molar-refractivity contribution is 0.595. The Morgan fingerprint density at radius 1 is 1.29 bits per heavy atom. The lowest BCUT2D eigenvalue weighted by Crippen LogP contribution is -2.21. The van der Waals surface area contributed by atoms with Crippen LogP contribution in [0.2, 0.25) is 0 Å². The van der Waals surface area contributed by atoms with Crippen LogP contribution >= 0.6 is 0 Å². The first-order valence-corrected chi connectivity index (χ1v) is 6.03. The van der Waals surface area contributed by atoms with Crippen LogP contribution < -0.4 is 5.73 Å². The van der Waals surface area contributed by atoms with Crippen LogP contribution in [0.15, 0.2) is 24.4 Å². The van der Waals surface area contributed by atoms with Crippen molar-refractivity contribution in [2.24, 2.45) is 5.73 Å². The molecule has 0 radical (unpaired) electrons. The van der Waals surface area contributed by atoms with Crippen molar-refractivity contribution < 1.29 is 4.39 Å². The molecule has 0 saturated carbocycles. The van der Waals surface area contributed by atoms with Crippen LogP contribution in [-0.2, 0) is 6.54 Å². The first kappa shape index (κ1) is 12.1. The van der Waals surface area contributed by atoms with E-state index in [4.69, 9.17) is 5.73 Å². The predicted octanol–water partition coefficient (Wildman–Crippen LogP) is 3.25. The molecule has 1 heterocycles. The van der Waals surface area contributed by atoms with E-state index in [1.807, 2.05) is 39.1 Å². The minimum atomic E-state index is -0.119. The van der Waals surface area contributed by atoms with E-state index in [1.165, 1.54) is 0 Å².